The Morgan fingerprint density at radius 2 is 1.00 bits per heavy atom. The molecule has 2 radical (unpaired) electrons. The zero-order chi connectivity index (χ0) is 17.4. The van der Waals surface area contributed by atoms with Crippen LogP contribution in [0.4, 0.5) is 0 Å². The van der Waals surface area contributed by atoms with Crippen molar-refractivity contribution in [3.05, 3.63) is 98.8 Å². The van der Waals surface area contributed by atoms with Crippen LogP contribution in [0, 0.1) is 14.9 Å². The Kier molecular flexibility index (Phi) is 20.2. The SMILES string of the molecule is CCc1cc2ccccc2[cH-]1.CCc1cc2ccccc2[cH-]1.Cl.Cl.[CH3-].[CH3-].[Ge]=[Zr]. The van der Waals surface area contributed by atoms with Gasteiger partial charge in [0.25, 0.3) is 0 Å². The number of aryl methyl sites for hydroxylation is 2. The Morgan fingerprint density at radius 1 is 0.679 bits per heavy atom. The Labute approximate surface area is 204 Å². The van der Waals surface area contributed by atoms with Crippen LogP contribution in [0.25, 0.3) is 21.5 Å². The first-order valence-corrected chi connectivity index (χ1v) is 15.8. The Morgan fingerprint density at radius 3 is 1.29 bits per heavy atom. The topological polar surface area (TPSA) is 0 Å². The van der Waals surface area contributed by atoms with Crippen molar-refractivity contribution in [2.24, 2.45) is 0 Å². The number of fused-ring (bicyclic) bond motifs is 2. The summed E-state index contributed by atoms with van der Waals surface area (Å²) in [5.74, 6) is 0. The second-order valence-corrected chi connectivity index (χ2v) is 5.69. The standard InChI is InChI=1S/2C11H11.2CH3.2ClH.Ge.Zr/c2*1-2-9-7-10-5-3-4-6-11(10)8-9;;;;;;/h2*3-8H,2H2,1H3;2*1H3;2*1H;;/q4*-1;;;;. The van der Waals surface area contributed by atoms with Crippen molar-refractivity contribution in [1.82, 2.24) is 0 Å². The molecule has 4 aromatic carbocycles. The summed E-state index contributed by atoms with van der Waals surface area (Å²) in [4.78, 5) is 0. The number of halogens is 2. The number of hydrogen-bond acceptors (Lipinski definition) is 0. The Balaban J connectivity index is -0.000000363. The fourth-order valence-corrected chi connectivity index (χ4v) is 2.84. The molecule has 0 aliphatic carbocycles. The van der Waals surface area contributed by atoms with Gasteiger partial charge in [0, 0.05) is 0 Å². The molecule has 0 saturated heterocycles. The van der Waals surface area contributed by atoms with Crippen LogP contribution in [0.5, 0.6) is 0 Å². The molecule has 152 valence electrons. The van der Waals surface area contributed by atoms with Gasteiger partial charge in [0.2, 0.25) is 0 Å². The fraction of sp³-hybridized carbons (Fsp3) is 0.167. The van der Waals surface area contributed by atoms with Gasteiger partial charge in [0.05, 0.1) is 0 Å². The molecule has 0 nitrogen and oxygen atoms in total. The second kappa shape index (κ2) is 17.5. The van der Waals surface area contributed by atoms with Crippen molar-refractivity contribution in [2.75, 3.05) is 0 Å². The molecule has 0 atom stereocenters. The van der Waals surface area contributed by atoms with Gasteiger partial charge in [-0.05, 0) is 12.8 Å². The van der Waals surface area contributed by atoms with Crippen LogP contribution in [0.3, 0.4) is 0 Å². The normalized spacial score (nSPS) is 8.46. The quantitative estimate of drug-likeness (QED) is 0.177. The zero-order valence-corrected chi connectivity index (χ0v) is 23.3. The predicted molar refractivity (Wildman–Crippen MR) is 131 cm³/mol. The Hall–Kier alpha value is -0.334. The third kappa shape index (κ3) is 8.99. The molecule has 0 bridgehead atoms. The Bertz CT molecular complexity index is 756. The molecule has 0 heterocycles. The first-order chi connectivity index (χ1) is 11.8. The summed E-state index contributed by atoms with van der Waals surface area (Å²) in [6.07, 6.45) is 2.27. The van der Waals surface area contributed by atoms with E-state index < -0.39 is 0 Å². The van der Waals surface area contributed by atoms with E-state index in [9.17, 15) is 0 Å². The van der Waals surface area contributed by atoms with Crippen LogP contribution in [0.15, 0.2) is 72.8 Å². The molecule has 0 unspecified atom stereocenters. The molecule has 0 aliphatic rings. The maximum absolute atomic E-state index is 2.26. The summed E-state index contributed by atoms with van der Waals surface area (Å²) in [5.41, 5.74) is 2.87. The zero-order valence-electron chi connectivity index (χ0n) is 17.2. The minimum absolute atomic E-state index is 0. The average Bonchev–Trinajstić information content (AvgIpc) is 3.27. The van der Waals surface area contributed by atoms with Crippen LogP contribution < -0.4 is 0 Å². The van der Waals surface area contributed by atoms with Gasteiger partial charge in [0.15, 0.2) is 0 Å². The molecule has 28 heavy (non-hydrogen) atoms. The summed E-state index contributed by atoms with van der Waals surface area (Å²) in [6, 6.07) is 26.0. The van der Waals surface area contributed by atoms with E-state index in [4.69, 9.17) is 0 Å². The van der Waals surface area contributed by atoms with Crippen molar-refractivity contribution in [3.8, 4) is 0 Å². The summed E-state index contributed by atoms with van der Waals surface area (Å²) >= 11 is 3.64. The van der Waals surface area contributed by atoms with Crippen LogP contribution >= 0.6 is 24.8 Å². The molecule has 0 N–H and O–H groups in total. The first-order valence-electron chi connectivity index (χ1n) is 8.34. The van der Waals surface area contributed by atoms with E-state index in [1.165, 1.54) is 32.7 Å². The monoisotopic (exact) mass is 552 g/mol. The molecule has 4 rings (SSSR count). The van der Waals surface area contributed by atoms with Gasteiger partial charge in [-0.1, -0.05) is 26.0 Å². The van der Waals surface area contributed by atoms with E-state index in [2.05, 4.69) is 98.8 Å². The average molecular weight is 553 g/mol. The molecule has 4 heteroatoms. The summed E-state index contributed by atoms with van der Waals surface area (Å²) in [5, 5.41) is 5.46. The van der Waals surface area contributed by atoms with Gasteiger partial charge in [0.1, 0.15) is 0 Å². The van der Waals surface area contributed by atoms with Crippen LogP contribution in [-0.4, -0.2) is 12.1 Å². The van der Waals surface area contributed by atoms with Crippen LogP contribution in [0.2, 0.25) is 0 Å². The third-order valence-electron chi connectivity index (χ3n) is 4.17. The van der Waals surface area contributed by atoms with Gasteiger partial charge in [-0.25, -0.2) is 0 Å². The molecule has 0 fully saturated rings. The van der Waals surface area contributed by atoms with E-state index in [0.29, 0.717) is 0 Å². The van der Waals surface area contributed by atoms with Crippen molar-refractivity contribution < 1.29 is 21.6 Å². The molecule has 0 aromatic heterocycles. The predicted octanol–water partition coefficient (Wildman–Crippen LogP) is 7.60. The summed E-state index contributed by atoms with van der Waals surface area (Å²) in [6.45, 7) is 4.38. The molecule has 0 aliphatic heterocycles. The number of rotatable bonds is 2. The maximum atomic E-state index is 2.26. The van der Waals surface area contributed by atoms with Crippen LogP contribution in [0.1, 0.15) is 25.0 Å². The van der Waals surface area contributed by atoms with Gasteiger partial charge in [-0.2, -0.15) is 12.1 Å². The van der Waals surface area contributed by atoms with Crippen molar-refractivity contribution >= 4 is 58.5 Å². The summed E-state index contributed by atoms with van der Waals surface area (Å²) in [7, 11) is 0. The van der Waals surface area contributed by atoms with E-state index >= 15 is 0 Å². The van der Waals surface area contributed by atoms with E-state index in [1.807, 2.05) is 0 Å². The van der Waals surface area contributed by atoms with Gasteiger partial charge >= 0.3 is 33.7 Å². The van der Waals surface area contributed by atoms with Gasteiger partial charge < -0.3 is 14.9 Å². The van der Waals surface area contributed by atoms with E-state index in [-0.39, 0.29) is 39.7 Å². The van der Waals surface area contributed by atoms with Crippen molar-refractivity contribution in [1.29, 1.82) is 0 Å². The second-order valence-electron chi connectivity index (χ2n) is 5.69. The molecule has 4 aromatic rings. The summed E-state index contributed by atoms with van der Waals surface area (Å²) < 4.78 is 0. The number of benzene rings is 2. The van der Waals surface area contributed by atoms with E-state index in [1.54, 1.807) is 21.6 Å². The minimum atomic E-state index is 0. The van der Waals surface area contributed by atoms with Crippen molar-refractivity contribution in [2.45, 2.75) is 26.7 Å². The molecular weight excluding hydrogens is 523 g/mol. The van der Waals surface area contributed by atoms with Crippen molar-refractivity contribution in [3.63, 3.8) is 0 Å². The molecule has 0 amide bonds. The third-order valence-corrected chi connectivity index (χ3v) is 4.17. The molecule has 0 spiro atoms. The first kappa shape index (κ1) is 32.3. The fourth-order valence-electron chi connectivity index (χ4n) is 2.84. The molecular formula is C24H30Cl2GeZr-4. The van der Waals surface area contributed by atoms with Gasteiger partial charge in [-0.3, -0.25) is 0 Å². The van der Waals surface area contributed by atoms with E-state index in [0.717, 1.165) is 12.8 Å². The van der Waals surface area contributed by atoms with Gasteiger partial charge in [-0.15, -0.1) is 106 Å². The number of hydrogen-bond donors (Lipinski definition) is 0. The van der Waals surface area contributed by atoms with Crippen LogP contribution in [-0.2, 0) is 34.4 Å². The molecule has 0 saturated carbocycles.